The topological polar surface area (TPSA) is 53.1 Å². The summed E-state index contributed by atoms with van der Waals surface area (Å²) in [6.45, 7) is 8.28. The monoisotopic (exact) mass is 251 g/mol. The van der Waals surface area contributed by atoms with Crippen molar-refractivity contribution in [1.29, 1.82) is 0 Å². The van der Waals surface area contributed by atoms with Crippen LogP contribution in [0.15, 0.2) is 12.3 Å². The smallest absolute Gasteiger partial charge is 0.224 e. The summed E-state index contributed by atoms with van der Waals surface area (Å²) in [4.78, 5) is 10.8. The summed E-state index contributed by atoms with van der Waals surface area (Å²) in [5.41, 5.74) is 0.0105. The van der Waals surface area contributed by atoms with Crippen molar-refractivity contribution in [3.05, 3.63) is 12.3 Å². The van der Waals surface area contributed by atoms with Crippen LogP contribution >= 0.6 is 0 Å². The maximum absolute atomic E-state index is 4.43. The van der Waals surface area contributed by atoms with Crippen LogP contribution in [-0.2, 0) is 0 Å². The molecule has 0 fully saturated rings. The highest BCUT2D eigenvalue weighted by molar-refractivity contribution is 5.41. The molecule has 2 N–H and O–H groups in total. The first kappa shape index (κ1) is 14.7. The molecule has 0 aliphatic carbocycles. The van der Waals surface area contributed by atoms with Crippen LogP contribution in [0.3, 0.4) is 0 Å². The largest absolute Gasteiger partial charge is 0.365 e. The number of nitrogens with one attached hydrogen (secondary N) is 2. The van der Waals surface area contributed by atoms with Crippen molar-refractivity contribution in [2.45, 2.75) is 32.7 Å². The summed E-state index contributed by atoms with van der Waals surface area (Å²) in [5.74, 6) is 1.54. The quantitative estimate of drug-likeness (QED) is 0.758. The van der Waals surface area contributed by atoms with Crippen molar-refractivity contribution in [2.24, 2.45) is 0 Å². The normalized spacial score (nSPS) is 11.7. The van der Waals surface area contributed by atoms with Gasteiger partial charge in [-0.3, -0.25) is 0 Å². The lowest BCUT2D eigenvalue weighted by Crippen LogP contribution is -2.26. The molecule has 5 heteroatoms. The van der Waals surface area contributed by atoms with Gasteiger partial charge in [0, 0.05) is 18.3 Å². The molecule has 0 amide bonds. The lowest BCUT2D eigenvalue weighted by molar-refractivity contribution is 0.405. The van der Waals surface area contributed by atoms with Crippen LogP contribution in [0.5, 0.6) is 0 Å². The summed E-state index contributed by atoms with van der Waals surface area (Å²) < 4.78 is 0. The van der Waals surface area contributed by atoms with E-state index in [9.17, 15) is 0 Å². The van der Waals surface area contributed by atoms with Gasteiger partial charge in [-0.15, -0.1) is 0 Å². The fourth-order valence-electron chi connectivity index (χ4n) is 1.49. The van der Waals surface area contributed by atoms with Gasteiger partial charge in [0.15, 0.2) is 0 Å². The lowest BCUT2D eigenvalue weighted by atomic mass is 10.1. The van der Waals surface area contributed by atoms with Gasteiger partial charge in [-0.05, 0) is 53.9 Å². The molecule has 0 unspecified atom stereocenters. The predicted molar refractivity (Wildman–Crippen MR) is 77.1 cm³/mol. The molecule has 0 bridgehead atoms. The van der Waals surface area contributed by atoms with E-state index < -0.39 is 0 Å². The van der Waals surface area contributed by atoms with Crippen LogP contribution in [0, 0.1) is 0 Å². The Kier molecular flexibility index (Phi) is 5.34. The first-order valence-electron chi connectivity index (χ1n) is 6.37. The van der Waals surface area contributed by atoms with Crippen molar-refractivity contribution in [2.75, 3.05) is 37.8 Å². The zero-order valence-electron chi connectivity index (χ0n) is 12.1. The van der Waals surface area contributed by atoms with Gasteiger partial charge < -0.3 is 15.5 Å². The first-order chi connectivity index (χ1) is 8.37. The number of nitrogens with zero attached hydrogens (tertiary/aromatic N) is 3. The molecule has 102 valence electrons. The Morgan fingerprint density at radius 1 is 1.28 bits per heavy atom. The summed E-state index contributed by atoms with van der Waals surface area (Å²) in [5, 5.41) is 6.57. The molecule has 0 saturated heterocycles. The molecule has 18 heavy (non-hydrogen) atoms. The minimum absolute atomic E-state index is 0.0105. The average Bonchev–Trinajstić information content (AvgIpc) is 2.22. The third-order valence-corrected chi connectivity index (χ3v) is 2.22. The van der Waals surface area contributed by atoms with Crippen molar-refractivity contribution < 1.29 is 0 Å². The van der Waals surface area contributed by atoms with Crippen molar-refractivity contribution in [3.8, 4) is 0 Å². The van der Waals surface area contributed by atoms with Crippen LogP contribution in [0.25, 0.3) is 0 Å². The Balaban J connectivity index is 2.44. The molecule has 0 spiro atoms. The molecule has 0 atom stereocenters. The molecule has 5 nitrogen and oxygen atoms in total. The van der Waals surface area contributed by atoms with Crippen LogP contribution in [0.2, 0.25) is 0 Å². The van der Waals surface area contributed by atoms with Gasteiger partial charge in [-0.2, -0.15) is 4.98 Å². The van der Waals surface area contributed by atoms with Crippen LogP contribution in [0.4, 0.5) is 11.8 Å². The number of anilines is 2. The fourth-order valence-corrected chi connectivity index (χ4v) is 1.49. The van der Waals surface area contributed by atoms with Gasteiger partial charge in [0.05, 0.1) is 0 Å². The number of hydrogen-bond donors (Lipinski definition) is 2. The van der Waals surface area contributed by atoms with E-state index in [0.717, 1.165) is 25.3 Å². The molecule has 0 aliphatic heterocycles. The third-order valence-electron chi connectivity index (χ3n) is 2.22. The van der Waals surface area contributed by atoms with Gasteiger partial charge in [0.1, 0.15) is 5.82 Å². The SMILES string of the molecule is CN(C)CCCNc1nccc(NC(C)(C)C)n1. The highest BCUT2D eigenvalue weighted by Crippen LogP contribution is 2.12. The molecular weight excluding hydrogens is 226 g/mol. The summed E-state index contributed by atoms with van der Waals surface area (Å²) >= 11 is 0. The number of rotatable bonds is 6. The van der Waals surface area contributed by atoms with E-state index in [2.05, 4.69) is 60.4 Å². The standard InChI is InChI=1S/C13H25N5/c1-13(2,3)17-11-7-9-15-12(16-11)14-8-6-10-18(4)5/h7,9H,6,8,10H2,1-5H3,(H2,14,15,16,17). The van der Waals surface area contributed by atoms with Crippen molar-refractivity contribution in [3.63, 3.8) is 0 Å². The molecule has 0 aromatic carbocycles. The molecule has 1 heterocycles. The maximum Gasteiger partial charge on any atom is 0.224 e. The summed E-state index contributed by atoms with van der Waals surface area (Å²) in [7, 11) is 4.15. The summed E-state index contributed by atoms with van der Waals surface area (Å²) in [6.07, 6.45) is 2.85. The number of hydrogen-bond acceptors (Lipinski definition) is 5. The van der Waals surface area contributed by atoms with E-state index in [1.165, 1.54) is 0 Å². The van der Waals surface area contributed by atoms with E-state index in [1.54, 1.807) is 6.20 Å². The average molecular weight is 251 g/mol. The van der Waals surface area contributed by atoms with E-state index in [4.69, 9.17) is 0 Å². The second-order valence-corrected chi connectivity index (χ2v) is 5.72. The van der Waals surface area contributed by atoms with E-state index in [0.29, 0.717) is 5.95 Å². The van der Waals surface area contributed by atoms with Crippen molar-refractivity contribution >= 4 is 11.8 Å². The molecule has 1 aromatic rings. The van der Waals surface area contributed by atoms with Crippen molar-refractivity contribution in [1.82, 2.24) is 14.9 Å². The van der Waals surface area contributed by atoms with E-state index in [-0.39, 0.29) is 5.54 Å². The van der Waals surface area contributed by atoms with Gasteiger partial charge in [0.25, 0.3) is 0 Å². The number of aromatic nitrogens is 2. The fraction of sp³-hybridized carbons (Fsp3) is 0.692. The predicted octanol–water partition coefficient (Wildman–Crippen LogP) is 2.05. The molecule has 1 aromatic heterocycles. The lowest BCUT2D eigenvalue weighted by Gasteiger charge is -2.21. The maximum atomic E-state index is 4.43. The Morgan fingerprint density at radius 3 is 2.61 bits per heavy atom. The Bertz CT molecular complexity index is 357. The van der Waals surface area contributed by atoms with Gasteiger partial charge in [0.2, 0.25) is 5.95 Å². The first-order valence-corrected chi connectivity index (χ1v) is 6.37. The van der Waals surface area contributed by atoms with Crippen LogP contribution in [0.1, 0.15) is 27.2 Å². The van der Waals surface area contributed by atoms with E-state index in [1.807, 2.05) is 6.07 Å². The second-order valence-electron chi connectivity index (χ2n) is 5.72. The molecule has 0 aliphatic rings. The molecular formula is C13H25N5. The minimum Gasteiger partial charge on any atom is -0.365 e. The second kappa shape index (κ2) is 6.54. The molecule has 0 saturated carbocycles. The minimum atomic E-state index is 0.0105. The third kappa shape index (κ3) is 6.39. The zero-order chi connectivity index (χ0) is 13.6. The van der Waals surface area contributed by atoms with Gasteiger partial charge in [-0.1, -0.05) is 0 Å². The van der Waals surface area contributed by atoms with Gasteiger partial charge in [-0.25, -0.2) is 4.98 Å². The van der Waals surface area contributed by atoms with E-state index >= 15 is 0 Å². The molecule has 1 rings (SSSR count). The highest BCUT2D eigenvalue weighted by Gasteiger charge is 2.10. The highest BCUT2D eigenvalue weighted by atomic mass is 15.2. The van der Waals surface area contributed by atoms with Crippen LogP contribution in [-0.4, -0.2) is 47.6 Å². The summed E-state index contributed by atoms with van der Waals surface area (Å²) in [6, 6.07) is 1.89. The van der Waals surface area contributed by atoms with Gasteiger partial charge >= 0.3 is 0 Å². The van der Waals surface area contributed by atoms with Crippen LogP contribution < -0.4 is 10.6 Å². The zero-order valence-corrected chi connectivity index (χ0v) is 12.1. The molecule has 0 radical (unpaired) electrons. The Labute approximate surface area is 110 Å². The Hall–Kier alpha value is -1.36. The Morgan fingerprint density at radius 2 is 2.00 bits per heavy atom.